The van der Waals surface area contributed by atoms with Crippen LogP contribution in [0.2, 0.25) is 0 Å². The highest BCUT2D eigenvalue weighted by atomic mass is 32.2. The van der Waals surface area contributed by atoms with Crippen molar-refractivity contribution in [2.75, 3.05) is 18.6 Å². The van der Waals surface area contributed by atoms with Gasteiger partial charge in [-0.15, -0.1) is 0 Å². The van der Waals surface area contributed by atoms with Crippen molar-refractivity contribution < 1.29 is 14.3 Å². The number of aromatic nitrogens is 1. The van der Waals surface area contributed by atoms with Crippen molar-refractivity contribution in [2.45, 2.75) is 6.92 Å². The van der Waals surface area contributed by atoms with Gasteiger partial charge in [0.05, 0.1) is 30.5 Å². The van der Waals surface area contributed by atoms with Gasteiger partial charge in [-0.2, -0.15) is 0 Å². The molecule has 0 N–H and O–H groups in total. The highest BCUT2D eigenvalue weighted by Crippen LogP contribution is 2.38. The fraction of sp³-hybridized carbons (Fsp3) is 0.167. The third-order valence-corrected chi connectivity index (χ3v) is 4.80. The first kappa shape index (κ1) is 17.4. The Labute approximate surface area is 155 Å². The molecule has 1 aliphatic rings. The minimum atomic E-state index is -0.174. The van der Waals surface area contributed by atoms with E-state index in [1.54, 1.807) is 37.7 Å². The Morgan fingerprint density at radius 2 is 2.16 bits per heavy atom. The van der Waals surface area contributed by atoms with E-state index < -0.39 is 0 Å². The molecule has 0 spiro atoms. The van der Waals surface area contributed by atoms with E-state index in [2.05, 4.69) is 4.98 Å². The zero-order chi connectivity index (χ0) is 17.8. The maximum absolute atomic E-state index is 12.8. The van der Waals surface area contributed by atoms with Crippen LogP contribution in [0.1, 0.15) is 12.5 Å². The van der Waals surface area contributed by atoms with E-state index >= 15 is 0 Å². The zero-order valence-electron chi connectivity index (χ0n) is 13.8. The molecule has 2 aromatic rings. The number of amides is 1. The molecule has 3 rings (SSSR count). The third kappa shape index (κ3) is 3.52. The Morgan fingerprint density at radius 3 is 2.84 bits per heavy atom. The van der Waals surface area contributed by atoms with Crippen LogP contribution in [0.25, 0.3) is 6.08 Å². The summed E-state index contributed by atoms with van der Waals surface area (Å²) in [4.78, 5) is 18.8. The molecule has 0 radical (unpaired) electrons. The van der Waals surface area contributed by atoms with Crippen LogP contribution in [0.15, 0.2) is 47.6 Å². The molecule has 0 saturated carbocycles. The molecule has 1 aliphatic heterocycles. The molecule has 0 aliphatic carbocycles. The third-order valence-electron chi connectivity index (χ3n) is 3.50. The molecule has 7 heteroatoms. The molecule has 0 unspecified atom stereocenters. The zero-order valence-corrected chi connectivity index (χ0v) is 15.4. The summed E-state index contributed by atoms with van der Waals surface area (Å²) in [6.45, 7) is 2.44. The van der Waals surface area contributed by atoms with Crippen LogP contribution < -0.4 is 14.4 Å². The molecule has 0 atom stereocenters. The number of carbonyl (C=O) groups is 1. The highest BCUT2D eigenvalue weighted by molar-refractivity contribution is 8.27. The monoisotopic (exact) mass is 372 g/mol. The largest absolute Gasteiger partial charge is 0.492 e. The summed E-state index contributed by atoms with van der Waals surface area (Å²) in [5.41, 5.74) is 1.42. The molecule has 0 bridgehead atoms. The molecule has 1 aromatic heterocycles. The van der Waals surface area contributed by atoms with E-state index in [4.69, 9.17) is 21.7 Å². The van der Waals surface area contributed by atoms with Gasteiger partial charge in [-0.3, -0.25) is 14.7 Å². The van der Waals surface area contributed by atoms with Crippen molar-refractivity contribution in [1.82, 2.24) is 4.98 Å². The summed E-state index contributed by atoms with van der Waals surface area (Å²) in [6, 6.07) is 9.14. The Balaban J connectivity index is 1.97. The summed E-state index contributed by atoms with van der Waals surface area (Å²) in [5, 5.41) is 0. The highest BCUT2D eigenvalue weighted by Gasteiger charge is 2.33. The van der Waals surface area contributed by atoms with Crippen molar-refractivity contribution >= 4 is 46.0 Å². The van der Waals surface area contributed by atoms with E-state index in [0.717, 1.165) is 5.56 Å². The second kappa shape index (κ2) is 7.67. The Hall–Kier alpha value is -2.38. The fourth-order valence-corrected chi connectivity index (χ4v) is 3.74. The van der Waals surface area contributed by atoms with Crippen LogP contribution in [-0.2, 0) is 4.79 Å². The van der Waals surface area contributed by atoms with Gasteiger partial charge in [0.1, 0.15) is 0 Å². The second-order valence-corrected chi connectivity index (χ2v) is 6.72. The molecule has 5 nitrogen and oxygen atoms in total. The minimum absolute atomic E-state index is 0.174. The number of rotatable bonds is 5. The topological polar surface area (TPSA) is 51.7 Å². The number of carbonyl (C=O) groups excluding carboxylic acids is 1. The quantitative estimate of drug-likeness (QED) is 0.586. The lowest BCUT2D eigenvalue weighted by molar-refractivity contribution is -0.113. The molecule has 2 heterocycles. The first-order valence-electron chi connectivity index (χ1n) is 7.63. The molecule has 1 aromatic carbocycles. The number of thiocarbonyl (C=S) groups is 1. The average Bonchev–Trinajstić information content (AvgIpc) is 2.90. The molecular formula is C18H16N2O3S2. The van der Waals surface area contributed by atoms with Gasteiger partial charge in [-0.25, -0.2) is 0 Å². The fourth-order valence-electron chi connectivity index (χ4n) is 2.45. The van der Waals surface area contributed by atoms with E-state index in [-0.39, 0.29) is 5.91 Å². The minimum Gasteiger partial charge on any atom is -0.492 e. The average molecular weight is 372 g/mol. The van der Waals surface area contributed by atoms with Crippen molar-refractivity contribution in [3.05, 3.63) is 53.2 Å². The number of ether oxygens (including phenoxy) is 2. The van der Waals surface area contributed by atoms with Gasteiger partial charge in [0.2, 0.25) is 0 Å². The lowest BCUT2D eigenvalue weighted by atomic mass is 10.1. The van der Waals surface area contributed by atoms with E-state index in [1.807, 2.05) is 25.1 Å². The van der Waals surface area contributed by atoms with Gasteiger partial charge in [0, 0.05) is 11.8 Å². The molecule has 128 valence electrons. The van der Waals surface area contributed by atoms with E-state index in [9.17, 15) is 4.79 Å². The second-order valence-electron chi connectivity index (χ2n) is 5.04. The van der Waals surface area contributed by atoms with Crippen molar-refractivity contribution in [3.8, 4) is 11.5 Å². The van der Waals surface area contributed by atoms with E-state index in [1.165, 1.54) is 16.7 Å². The molecule has 1 saturated heterocycles. The van der Waals surface area contributed by atoms with Crippen LogP contribution in [0.4, 0.5) is 5.69 Å². The number of hydrogen-bond donors (Lipinski definition) is 0. The number of methoxy groups -OCH3 is 1. The molecule has 25 heavy (non-hydrogen) atoms. The van der Waals surface area contributed by atoms with Gasteiger partial charge < -0.3 is 9.47 Å². The van der Waals surface area contributed by atoms with Crippen molar-refractivity contribution in [2.24, 2.45) is 0 Å². The Kier molecular flexibility index (Phi) is 5.35. The van der Waals surface area contributed by atoms with Crippen LogP contribution in [-0.4, -0.2) is 28.9 Å². The maximum atomic E-state index is 12.8. The lowest BCUT2D eigenvalue weighted by Crippen LogP contribution is -2.27. The molecular weight excluding hydrogens is 356 g/mol. The van der Waals surface area contributed by atoms with Crippen molar-refractivity contribution in [1.29, 1.82) is 0 Å². The predicted octanol–water partition coefficient (Wildman–Crippen LogP) is 3.89. The summed E-state index contributed by atoms with van der Waals surface area (Å²) < 4.78 is 11.5. The summed E-state index contributed by atoms with van der Waals surface area (Å²) in [6.07, 6.45) is 5.04. The van der Waals surface area contributed by atoms with Gasteiger partial charge in [0.25, 0.3) is 5.91 Å². The van der Waals surface area contributed by atoms with Crippen molar-refractivity contribution in [3.63, 3.8) is 0 Å². The molecule has 1 fully saturated rings. The van der Waals surface area contributed by atoms with Crippen LogP contribution in [0, 0.1) is 0 Å². The van der Waals surface area contributed by atoms with E-state index in [0.29, 0.717) is 33.0 Å². The number of hydrogen-bond acceptors (Lipinski definition) is 6. The maximum Gasteiger partial charge on any atom is 0.270 e. The smallest absolute Gasteiger partial charge is 0.270 e. The normalized spacial score (nSPS) is 15.8. The number of nitrogens with zero attached hydrogens (tertiary/aromatic N) is 2. The molecule has 1 amide bonds. The predicted molar refractivity (Wildman–Crippen MR) is 104 cm³/mol. The Bertz CT molecular complexity index is 837. The first-order chi connectivity index (χ1) is 12.2. The van der Waals surface area contributed by atoms with Gasteiger partial charge in [-0.1, -0.05) is 36.1 Å². The number of benzene rings is 1. The van der Waals surface area contributed by atoms with Crippen LogP contribution in [0.3, 0.4) is 0 Å². The van der Waals surface area contributed by atoms with Gasteiger partial charge in [-0.05, 0) is 31.2 Å². The number of thioether (sulfide) groups is 1. The standard InChI is InChI=1S/C18H16N2O3S2/c1-3-23-14-8-4-6-12(16(14)22-2)10-15-17(21)20(18(24)25-15)13-7-5-9-19-11-13/h4-11H,3H2,1-2H3/b15-10-. The first-order valence-corrected chi connectivity index (χ1v) is 8.86. The number of para-hydroxylation sites is 1. The Morgan fingerprint density at radius 1 is 1.32 bits per heavy atom. The lowest BCUT2D eigenvalue weighted by Gasteiger charge is -2.13. The van der Waals surface area contributed by atoms with Crippen LogP contribution >= 0.6 is 24.0 Å². The number of anilines is 1. The number of pyridine rings is 1. The van der Waals surface area contributed by atoms with Gasteiger partial charge >= 0.3 is 0 Å². The summed E-state index contributed by atoms with van der Waals surface area (Å²) in [5.74, 6) is 1.06. The SMILES string of the molecule is CCOc1cccc(/C=C2\SC(=S)N(c3cccnc3)C2=O)c1OC. The van der Waals surface area contributed by atoms with Gasteiger partial charge in [0.15, 0.2) is 15.8 Å². The van der Waals surface area contributed by atoms with Crippen LogP contribution in [0.5, 0.6) is 11.5 Å². The summed E-state index contributed by atoms with van der Waals surface area (Å²) in [7, 11) is 1.58. The summed E-state index contributed by atoms with van der Waals surface area (Å²) >= 11 is 6.62.